The molecule has 2 amide bonds. The van der Waals surface area contributed by atoms with Crippen molar-refractivity contribution in [2.45, 2.75) is 13.1 Å². The van der Waals surface area contributed by atoms with Crippen molar-refractivity contribution in [2.24, 2.45) is 0 Å². The van der Waals surface area contributed by atoms with Gasteiger partial charge in [0.1, 0.15) is 17.3 Å². The van der Waals surface area contributed by atoms with Gasteiger partial charge in [-0.3, -0.25) is 9.59 Å². The summed E-state index contributed by atoms with van der Waals surface area (Å²) in [6, 6.07) is 18.4. The van der Waals surface area contributed by atoms with Crippen LogP contribution in [0.25, 0.3) is 0 Å². The second kappa shape index (κ2) is 12.4. The van der Waals surface area contributed by atoms with Gasteiger partial charge in [0.05, 0.1) is 26.0 Å². The summed E-state index contributed by atoms with van der Waals surface area (Å²) in [6.07, 6.45) is 1.53. The number of halogens is 1. The maximum atomic E-state index is 13.3. The minimum Gasteiger partial charge on any atom is -0.484 e. The summed E-state index contributed by atoms with van der Waals surface area (Å²) in [7, 11) is 1.53. The molecule has 1 aromatic heterocycles. The highest BCUT2D eigenvalue weighted by Gasteiger charge is 2.23. The molecule has 0 saturated heterocycles. The number of hydrogen-bond acceptors (Lipinski definition) is 5. The fourth-order valence-electron chi connectivity index (χ4n) is 3.14. The second-order valence-electron chi connectivity index (χ2n) is 7.37. The lowest BCUT2D eigenvalue weighted by Gasteiger charge is -2.27. The summed E-state index contributed by atoms with van der Waals surface area (Å²) in [5.74, 6) is 0.216. The Kier molecular flexibility index (Phi) is 9.02. The molecule has 3 rings (SSSR count). The van der Waals surface area contributed by atoms with Crippen molar-refractivity contribution in [1.29, 1.82) is 0 Å². The van der Waals surface area contributed by atoms with Crippen LogP contribution in [-0.4, -0.2) is 55.0 Å². The number of rotatable bonds is 12. The van der Waals surface area contributed by atoms with E-state index in [9.17, 15) is 14.0 Å². The van der Waals surface area contributed by atoms with Crippen LogP contribution in [0.5, 0.6) is 5.75 Å². The maximum Gasteiger partial charge on any atom is 0.261 e. The van der Waals surface area contributed by atoms with Crippen molar-refractivity contribution < 1.29 is 27.9 Å². The van der Waals surface area contributed by atoms with Crippen LogP contribution in [0, 0.1) is 5.82 Å². The average Bonchev–Trinajstić information content (AvgIpc) is 3.35. The lowest BCUT2D eigenvalue weighted by molar-refractivity contribution is -0.143. The van der Waals surface area contributed by atoms with E-state index in [4.69, 9.17) is 13.9 Å². The van der Waals surface area contributed by atoms with Gasteiger partial charge in [0.25, 0.3) is 5.91 Å². The molecule has 33 heavy (non-hydrogen) atoms. The van der Waals surface area contributed by atoms with E-state index in [1.165, 1.54) is 30.4 Å². The van der Waals surface area contributed by atoms with Gasteiger partial charge >= 0.3 is 0 Å². The van der Waals surface area contributed by atoms with Crippen molar-refractivity contribution in [2.75, 3.05) is 33.4 Å². The molecule has 0 fully saturated rings. The number of methoxy groups -OCH3 is 1. The quantitative estimate of drug-likeness (QED) is 0.419. The van der Waals surface area contributed by atoms with Crippen LogP contribution in [-0.2, 0) is 27.4 Å². The molecule has 0 spiro atoms. The van der Waals surface area contributed by atoms with Gasteiger partial charge in [0.15, 0.2) is 6.61 Å². The fourth-order valence-corrected chi connectivity index (χ4v) is 3.14. The molecule has 0 atom stereocenters. The molecule has 174 valence electrons. The molecule has 8 heteroatoms. The molecule has 7 nitrogen and oxygen atoms in total. The van der Waals surface area contributed by atoms with Crippen LogP contribution in [0.2, 0.25) is 0 Å². The van der Waals surface area contributed by atoms with E-state index in [1.54, 1.807) is 41.3 Å². The third-order valence-corrected chi connectivity index (χ3v) is 4.92. The number of benzene rings is 2. The Morgan fingerprint density at radius 2 is 1.67 bits per heavy atom. The lowest BCUT2D eigenvalue weighted by atomic mass is 10.2. The van der Waals surface area contributed by atoms with E-state index >= 15 is 0 Å². The second-order valence-corrected chi connectivity index (χ2v) is 7.37. The highest BCUT2D eigenvalue weighted by Crippen LogP contribution is 2.13. The summed E-state index contributed by atoms with van der Waals surface area (Å²) in [5, 5.41) is 0. The van der Waals surface area contributed by atoms with E-state index in [0.29, 0.717) is 11.5 Å². The third-order valence-electron chi connectivity index (χ3n) is 4.92. The molecule has 0 saturated carbocycles. The van der Waals surface area contributed by atoms with Crippen LogP contribution >= 0.6 is 0 Å². The first kappa shape index (κ1) is 24.0. The Balaban J connectivity index is 1.69. The third kappa shape index (κ3) is 7.76. The summed E-state index contributed by atoms with van der Waals surface area (Å²) in [4.78, 5) is 29.0. The van der Waals surface area contributed by atoms with Crippen molar-refractivity contribution in [3.05, 3.63) is 90.1 Å². The average molecular weight is 454 g/mol. The Hall–Kier alpha value is -3.65. The van der Waals surface area contributed by atoms with Gasteiger partial charge in [-0.25, -0.2) is 4.39 Å². The zero-order valence-electron chi connectivity index (χ0n) is 18.5. The number of hydrogen-bond donors (Lipinski definition) is 0. The molecule has 0 aliphatic heterocycles. The lowest BCUT2D eigenvalue weighted by Crippen LogP contribution is -2.45. The smallest absolute Gasteiger partial charge is 0.261 e. The first-order valence-electron chi connectivity index (χ1n) is 10.5. The molecule has 3 aromatic rings. The molecule has 0 radical (unpaired) electrons. The first-order chi connectivity index (χ1) is 16.0. The van der Waals surface area contributed by atoms with E-state index in [2.05, 4.69) is 0 Å². The largest absolute Gasteiger partial charge is 0.484 e. The molecular weight excluding hydrogens is 427 g/mol. The number of para-hydroxylation sites is 1. The minimum absolute atomic E-state index is 0.151. The topological polar surface area (TPSA) is 72.2 Å². The van der Waals surface area contributed by atoms with Gasteiger partial charge in [0.2, 0.25) is 5.91 Å². The standard InChI is InChI=1S/C25H27FN2O5/c1-31-15-13-27(25(30)19-33-22-6-3-2-4-7-22)18-24(29)28(17-23-8-5-14-32-23)16-20-9-11-21(26)12-10-20/h2-12,14H,13,15-19H2,1H3. The molecular formula is C25H27FN2O5. The number of amides is 2. The van der Waals surface area contributed by atoms with E-state index < -0.39 is 0 Å². The van der Waals surface area contributed by atoms with Gasteiger partial charge in [-0.05, 0) is 42.0 Å². The van der Waals surface area contributed by atoms with Crippen LogP contribution in [0.15, 0.2) is 77.4 Å². The normalized spacial score (nSPS) is 10.6. The monoisotopic (exact) mass is 454 g/mol. The van der Waals surface area contributed by atoms with Gasteiger partial charge in [-0.2, -0.15) is 0 Å². The Morgan fingerprint density at radius 1 is 0.909 bits per heavy atom. The number of nitrogens with zero attached hydrogens (tertiary/aromatic N) is 2. The SMILES string of the molecule is COCCN(CC(=O)N(Cc1ccc(F)cc1)Cc1ccco1)C(=O)COc1ccccc1. The number of carbonyl (C=O) groups is 2. The summed E-state index contributed by atoms with van der Waals surface area (Å²) in [5.41, 5.74) is 0.762. The van der Waals surface area contributed by atoms with Gasteiger partial charge < -0.3 is 23.7 Å². The Labute approximate surface area is 192 Å². The van der Waals surface area contributed by atoms with E-state index in [1.807, 2.05) is 18.2 Å². The molecule has 2 aromatic carbocycles. The van der Waals surface area contributed by atoms with Crippen molar-refractivity contribution in [3.8, 4) is 5.75 Å². The molecule has 0 aliphatic rings. The maximum absolute atomic E-state index is 13.3. The van der Waals surface area contributed by atoms with Crippen LogP contribution < -0.4 is 4.74 Å². The number of carbonyl (C=O) groups excluding carboxylic acids is 2. The summed E-state index contributed by atoms with van der Waals surface area (Å²) >= 11 is 0. The fraction of sp³-hybridized carbons (Fsp3) is 0.280. The number of ether oxygens (including phenoxy) is 2. The van der Waals surface area contributed by atoms with Crippen LogP contribution in [0.4, 0.5) is 4.39 Å². The molecule has 0 N–H and O–H groups in total. The Morgan fingerprint density at radius 3 is 2.33 bits per heavy atom. The highest BCUT2D eigenvalue weighted by atomic mass is 19.1. The summed E-state index contributed by atoms with van der Waals surface area (Å²) in [6.45, 7) is 0.632. The minimum atomic E-state index is -0.350. The van der Waals surface area contributed by atoms with Gasteiger partial charge in [-0.15, -0.1) is 0 Å². The first-order valence-corrected chi connectivity index (χ1v) is 10.5. The van der Waals surface area contributed by atoms with Crippen molar-refractivity contribution in [1.82, 2.24) is 9.80 Å². The van der Waals surface area contributed by atoms with Gasteiger partial charge in [0, 0.05) is 20.2 Å². The van der Waals surface area contributed by atoms with Crippen LogP contribution in [0.1, 0.15) is 11.3 Å². The predicted octanol–water partition coefficient (Wildman–Crippen LogP) is 3.50. The highest BCUT2D eigenvalue weighted by molar-refractivity contribution is 5.85. The van der Waals surface area contributed by atoms with Crippen molar-refractivity contribution in [3.63, 3.8) is 0 Å². The number of furan rings is 1. The molecule has 1 heterocycles. The van der Waals surface area contributed by atoms with Gasteiger partial charge in [-0.1, -0.05) is 30.3 Å². The zero-order valence-corrected chi connectivity index (χ0v) is 18.5. The molecule has 0 unspecified atom stereocenters. The Bertz CT molecular complexity index is 993. The predicted molar refractivity (Wildman–Crippen MR) is 120 cm³/mol. The zero-order chi connectivity index (χ0) is 23.5. The van der Waals surface area contributed by atoms with E-state index in [0.717, 1.165) is 5.56 Å². The summed E-state index contributed by atoms with van der Waals surface area (Å²) < 4.78 is 29.4. The molecule has 0 bridgehead atoms. The van der Waals surface area contributed by atoms with Crippen molar-refractivity contribution >= 4 is 11.8 Å². The van der Waals surface area contributed by atoms with E-state index in [-0.39, 0.29) is 57.0 Å². The van der Waals surface area contributed by atoms with Crippen LogP contribution in [0.3, 0.4) is 0 Å². The molecule has 0 aliphatic carbocycles.